The highest BCUT2D eigenvalue weighted by atomic mass is 16.3. The second-order valence-corrected chi connectivity index (χ2v) is 3.06. The van der Waals surface area contributed by atoms with Gasteiger partial charge in [-0.25, -0.2) is 0 Å². The van der Waals surface area contributed by atoms with E-state index in [1.54, 1.807) is 5.01 Å². The molecule has 0 aromatic carbocycles. The summed E-state index contributed by atoms with van der Waals surface area (Å²) in [5, 5.41) is 14.1. The van der Waals surface area contributed by atoms with Crippen LogP contribution in [-0.4, -0.2) is 30.0 Å². The summed E-state index contributed by atoms with van der Waals surface area (Å²) in [4.78, 5) is 0. The van der Waals surface area contributed by atoms with Crippen molar-refractivity contribution >= 4 is 6.72 Å². The Kier molecular flexibility index (Phi) is 5.37. The van der Waals surface area contributed by atoms with Gasteiger partial charge >= 0.3 is 0 Å². The molecule has 0 radical (unpaired) electrons. The van der Waals surface area contributed by atoms with Gasteiger partial charge in [-0.1, -0.05) is 19.4 Å². The lowest BCUT2D eigenvalue weighted by molar-refractivity contribution is 0.240. The number of hydrogen-bond acceptors (Lipinski definition) is 3. The minimum Gasteiger partial charge on any atom is -0.394 e. The fourth-order valence-electron chi connectivity index (χ4n) is 0.663. The topological polar surface area (TPSA) is 35.8 Å². The van der Waals surface area contributed by atoms with Gasteiger partial charge in [0.25, 0.3) is 0 Å². The quantitative estimate of drug-likeness (QED) is 0.501. The molecule has 0 aliphatic rings. The van der Waals surface area contributed by atoms with Crippen molar-refractivity contribution in [2.45, 2.75) is 20.8 Å². The van der Waals surface area contributed by atoms with Crippen molar-refractivity contribution in [2.75, 3.05) is 13.2 Å². The summed E-state index contributed by atoms with van der Waals surface area (Å²) in [5.74, 6) is 0.507. The van der Waals surface area contributed by atoms with E-state index in [2.05, 4.69) is 25.7 Å². The second-order valence-electron chi connectivity index (χ2n) is 3.06. The third-order valence-corrected chi connectivity index (χ3v) is 1.77. The van der Waals surface area contributed by atoms with Crippen LogP contribution in [0.5, 0.6) is 0 Å². The average Bonchev–Trinajstić information content (AvgIpc) is 2.03. The van der Waals surface area contributed by atoms with Gasteiger partial charge in [-0.15, -0.1) is 0 Å². The Morgan fingerprint density at radius 1 is 1.67 bits per heavy atom. The van der Waals surface area contributed by atoms with Crippen LogP contribution in [0.3, 0.4) is 0 Å². The highest BCUT2D eigenvalue weighted by molar-refractivity contribution is 5.23. The van der Waals surface area contributed by atoms with Gasteiger partial charge in [0.05, 0.1) is 13.2 Å². The van der Waals surface area contributed by atoms with E-state index in [0.717, 1.165) is 0 Å². The van der Waals surface area contributed by atoms with Crippen LogP contribution >= 0.6 is 0 Å². The van der Waals surface area contributed by atoms with Crippen molar-refractivity contribution in [3.63, 3.8) is 0 Å². The Balaban J connectivity index is 4.14. The van der Waals surface area contributed by atoms with Crippen LogP contribution in [0.15, 0.2) is 16.9 Å². The van der Waals surface area contributed by atoms with Crippen LogP contribution in [0, 0.1) is 5.92 Å². The normalized spacial score (nSPS) is 11.9. The van der Waals surface area contributed by atoms with Crippen LogP contribution in [0.4, 0.5) is 0 Å². The zero-order valence-corrected chi connectivity index (χ0v) is 8.12. The predicted octanol–water partition coefficient (Wildman–Crippen LogP) is 1.46. The fourth-order valence-corrected chi connectivity index (χ4v) is 0.663. The number of hydrogen-bond donors (Lipinski definition) is 1. The molecule has 0 rings (SSSR count). The SMILES string of the molecule is C=NN(/C=C(\C)C(C)C)CCO. The van der Waals surface area contributed by atoms with Crippen molar-refractivity contribution in [1.29, 1.82) is 0 Å². The molecule has 12 heavy (non-hydrogen) atoms. The molecule has 0 unspecified atom stereocenters. The van der Waals surface area contributed by atoms with Gasteiger partial charge in [-0.3, -0.25) is 5.01 Å². The first-order valence-corrected chi connectivity index (χ1v) is 4.14. The van der Waals surface area contributed by atoms with Crippen LogP contribution in [0.25, 0.3) is 0 Å². The smallest absolute Gasteiger partial charge is 0.0640 e. The van der Waals surface area contributed by atoms with E-state index in [0.29, 0.717) is 12.5 Å². The molecule has 0 heterocycles. The molecule has 3 nitrogen and oxygen atoms in total. The highest BCUT2D eigenvalue weighted by Gasteiger charge is 1.99. The van der Waals surface area contributed by atoms with E-state index in [-0.39, 0.29) is 6.61 Å². The van der Waals surface area contributed by atoms with Crippen molar-refractivity contribution in [3.8, 4) is 0 Å². The third kappa shape index (κ3) is 4.13. The minimum absolute atomic E-state index is 0.0981. The van der Waals surface area contributed by atoms with Crippen LogP contribution < -0.4 is 0 Å². The summed E-state index contributed by atoms with van der Waals surface area (Å²) in [7, 11) is 0. The molecule has 0 saturated heterocycles. The number of hydrazone groups is 1. The van der Waals surface area contributed by atoms with Crippen molar-refractivity contribution in [2.24, 2.45) is 11.0 Å². The Labute approximate surface area is 74.4 Å². The first kappa shape index (κ1) is 11.2. The van der Waals surface area contributed by atoms with Gasteiger partial charge in [0.2, 0.25) is 0 Å². The first-order valence-electron chi connectivity index (χ1n) is 4.14. The van der Waals surface area contributed by atoms with E-state index in [1.165, 1.54) is 5.57 Å². The first-order chi connectivity index (χ1) is 5.61. The maximum atomic E-state index is 8.66. The maximum absolute atomic E-state index is 8.66. The maximum Gasteiger partial charge on any atom is 0.0640 e. The van der Waals surface area contributed by atoms with Gasteiger partial charge in [-0.2, -0.15) is 5.10 Å². The zero-order valence-electron chi connectivity index (χ0n) is 8.12. The Bertz CT molecular complexity index is 164. The van der Waals surface area contributed by atoms with Crippen molar-refractivity contribution in [3.05, 3.63) is 11.8 Å². The van der Waals surface area contributed by atoms with E-state index in [1.807, 2.05) is 13.1 Å². The lowest BCUT2D eigenvalue weighted by Crippen LogP contribution is -2.15. The number of nitrogens with zero attached hydrogens (tertiary/aromatic N) is 2. The number of allylic oxidation sites excluding steroid dienone is 1. The molecule has 0 spiro atoms. The summed E-state index contributed by atoms with van der Waals surface area (Å²) in [5.41, 5.74) is 1.23. The molecule has 0 bridgehead atoms. The molecular formula is C9H18N2O. The van der Waals surface area contributed by atoms with Gasteiger partial charge < -0.3 is 5.11 Å². The van der Waals surface area contributed by atoms with Crippen LogP contribution in [0.1, 0.15) is 20.8 Å². The molecule has 1 N–H and O–H groups in total. The fraction of sp³-hybridized carbons (Fsp3) is 0.667. The van der Waals surface area contributed by atoms with Crippen LogP contribution in [0.2, 0.25) is 0 Å². The van der Waals surface area contributed by atoms with Gasteiger partial charge in [0.15, 0.2) is 0 Å². The second kappa shape index (κ2) is 5.77. The Morgan fingerprint density at radius 2 is 2.25 bits per heavy atom. The summed E-state index contributed by atoms with van der Waals surface area (Å²) in [6.07, 6.45) is 1.91. The van der Waals surface area contributed by atoms with Crippen molar-refractivity contribution < 1.29 is 5.11 Å². The Morgan fingerprint density at radius 3 is 2.58 bits per heavy atom. The third-order valence-electron chi connectivity index (χ3n) is 1.77. The standard InChI is InChI=1S/C9H18N2O/c1-8(2)9(3)7-11(10-4)5-6-12/h7-8,12H,4-6H2,1-3H3/b9-7+. The lowest BCUT2D eigenvalue weighted by Gasteiger charge is -2.14. The molecule has 70 valence electrons. The van der Waals surface area contributed by atoms with E-state index in [4.69, 9.17) is 5.11 Å². The van der Waals surface area contributed by atoms with Crippen LogP contribution in [-0.2, 0) is 0 Å². The lowest BCUT2D eigenvalue weighted by atomic mass is 10.1. The van der Waals surface area contributed by atoms with E-state index >= 15 is 0 Å². The molecule has 3 heteroatoms. The predicted molar refractivity (Wildman–Crippen MR) is 51.9 cm³/mol. The summed E-state index contributed by atoms with van der Waals surface area (Å²) < 4.78 is 0. The molecular weight excluding hydrogens is 152 g/mol. The molecule has 0 aliphatic carbocycles. The Hall–Kier alpha value is -0.830. The zero-order chi connectivity index (χ0) is 9.56. The van der Waals surface area contributed by atoms with Gasteiger partial charge in [-0.05, 0) is 12.8 Å². The number of aliphatic hydroxyl groups is 1. The molecule has 0 fully saturated rings. The molecule has 0 aromatic rings. The van der Waals surface area contributed by atoms with Gasteiger partial charge in [0, 0.05) is 12.9 Å². The van der Waals surface area contributed by atoms with Crippen molar-refractivity contribution in [1.82, 2.24) is 5.01 Å². The van der Waals surface area contributed by atoms with E-state index < -0.39 is 0 Å². The monoisotopic (exact) mass is 170 g/mol. The number of rotatable bonds is 5. The minimum atomic E-state index is 0.0981. The number of aliphatic hydroxyl groups excluding tert-OH is 1. The molecule has 0 atom stereocenters. The van der Waals surface area contributed by atoms with E-state index in [9.17, 15) is 0 Å². The molecule has 0 saturated carbocycles. The summed E-state index contributed by atoms with van der Waals surface area (Å²) in [6, 6.07) is 0. The molecule has 0 amide bonds. The van der Waals surface area contributed by atoms with Gasteiger partial charge in [0.1, 0.15) is 0 Å². The summed E-state index contributed by atoms with van der Waals surface area (Å²) in [6.45, 7) is 10.3. The average molecular weight is 170 g/mol. The largest absolute Gasteiger partial charge is 0.394 e. The highest BCUT2D eigenvalue weighted by Crippen LogP contribution is 2.08. The molecule has 0 aromatic heterocycles. The summed E-state index contributed by atoms with van der Waals surface area (Å²) >= 11 is 0. The molecule has 0 aliphatic heterocycles.